The fourth-order valence-corrected chi connectivity index (χ4v) is 3.06. The predicted molar refractivity (Wildman–Crippen MR) is 81.6 cm³/mol. The molecule has 2 aromatic rings. The third kappa shape index (κ3) is 2.34. The molecule has 1 aliphatic rings. The van der Waals surface area contributed by atoms with Gasteiger partial charge in [0.25, 0.3) is 0 Å². The van der Waals surface area contributed by atoms with Gasteiger partial charge in [0.05, 0.1) is 14.2 Å². The molecular formula is C17H21NO2. The van der Waals surface area contributed by atoms with E-state index in [-0.39, 0.29) is 0 Å². The number of methoxy groups -OCH3 is 2. The van der Waals surface area contributed by atoms with E-state index in [1.54, 1.807) is 14.2 Å². The third-order valence-corrected chi connectivity index (χ3v) is 4.11. The molecule has 20 heavy (non-hydrogen) atoms. The second kappa shape index (κ2) is 5.71. The van der Waals surface area contributed by atoms with Crippen LogP contribution in [0.5, 0.6) is 11.5 Å². The summed E-state index contributed by atoms with van der Waals surface area (Å²) in [7, 11) is 3.45. The average Bonchev–Trinajstić information content (AvgIpc) is 2.53. The first-order valence-electron chi connectivity index (χ1n) is 7.21. The highest BCUT2D eigenvalue weighted by atomic mass is 16.5. The number of nitrogens with one attached hydrogen (secondary N) is 1. The van der Waals surface area contributed by atoms with E-state index in [1.165, 1.54) is 29.2 Å². The van der Waals surface area contributed by atoms with E-state index in [4.69, 9.17) is 9.47 Å². The van der Waals surface area contributed by atoms with Crippen molar-refractivity contribution < 1.29 is 9.47 Å². The van der Waals surface area contributed by atoms with E-state index in [0.29, 0.717) is 6.04 Å². The van der Waals surface area contributed by atoms with Crippen LogP contribution in [0.15, 0.2) is 30.3 Å². The topological polar surface area (TPSA) is 30.5 Å². The zero-order valence-electron chi connectivity index (χ0n) is 12.1. The molecule has 2 aromatic carbocycles. The molecule has 1 fully saturated rings. The molecular weight excluding hydrogens is 250 g/mol. The quantitative estimate of drug-likeness (QED) is 0.924. The van der Waals surface area contributed by atoms with E-state index < -0.39 is 0 Å². The zero-order chi connectivity index (χ0) is 13.9. The summed E-state index contributed by atoms with van der Waals surface area (Å²) in [6.07, 6.45) is 3.68. The van der Waals surface area contributed by atoms with E-state index in [9.17, 15) is 0 Å². The highest BCUT2D eigenvalue weighted by Gasteiger charge is 2.21. The molecule has 0 bridgehead atoms. The maximum absolute atomic E-state index is 5.60. The molecule has 1 N–H and O–H groups in total. The van der Waals surface area contributed by atoms with Gasteiger partial charge in [-0.05, 0) is 48.4 Å². The number of ether oxygens (including phenoxy) is 2. The first-order chi connectivity index (χ1) is 9.83. The molecule has 1 atom stereocenters. The van der Waals surface area contributed by atoms with E-state index in [2.05, 4.69) is 29.6 Å². The van der Waals surface area contributed by atoms with Gasteiger partial charge in [-0.3, -0.25) is 0 Å². The molecule has 0 spiro atoms. The Labute approximate surface area is 119 Å². The summed E-state index contributed by atoms with van der Waals surface area (Å²) in [6, 6.07) is 10.8. The molecule has 0 aromatic heterocycles. The van der Waals surface area contributed by atoms with Crippen LogP contribution in [0.1, 0.15) is 30.9 Å². The average molecular weight is 271 g/mol. The Balaban J connectivity index is 2.18. The second-order valence-corrected chi connectivity index (χ2v) is 5.27. The van der Waals surface area contributed by atoms with Gasteiger partial charge in [-0.25, -0.2) is 0 Å². The standard InChI is InChI=1S/C17H21NO2/c1-19-13-8-6-12-7-9-16(20-2)17(14(12)11-13)15-5-3-4-10-18-15/h6-9,11,15,18H,3-5,10H2,1-2H3. The Morgan fingerprint density at radius 1 is 1.05 bits per heavy atom. The Morgan fingerprint density at radius 3 is 2.60 bits per heavy atom. The predicted octanol–water partition coefficient (Wildman–Crippen LogP) is 3.67. The van der Waals surface area contributed by atoms with Crippen molar-refractivity contribution in [2.75, 3.05) is 20.8 Å². The van der Waals surface area contributed by atoms with Crippen LogP contribution < -0.4 is 14.8 Å². The first kappa shape index (κ1) is 13.3. The lowest BCUT2D eigenvalue weighted by atomic mass is 9.92. The first-order valence-corrected chi connectivity index (χ1v) is 7.21. The van der Waals surface area contributed by atoms with Gasteiger partial charge in [-0.1, -0.05) is 18.6 Å². The van der Waals surface area contributed by atoms with Crippen LogP contribution in [0, 0.1) is 0 Å². The summed E-state index contributed by atoms with van der Waals surface area (Å²) in [4.78, 5) is 0. The van der Waals surface area contributed by atoms with Crippen LogP contribution >= 0.6 is 0 Å². The highest BCUT2D eigenvalue weighted by Crippen LogP contribution is 2.37. The lowest BCUT2D eigenvalue weighted by Gasteiger charge is -2.26. The smallest absolute Gasteiger partial charge is 0.124 e. The monoisotopic (exact) mass is 271 g/mol. The van der Waals surface area contributed by atoms with Crippen molar-refractivity contribution in [1.29, 1.82) is 0 Å². The zero-order valence-corrected chi connectivity index (χ0v) is 12.1. The van der Waals surface area contributed by atoms with Gasteiger partial charge in [0, 0.05) is 11.6 Å². The maximum atomic E-state index is 5.60. The number of benzene rings is 2. The molecule has 1 unspecified atom stereocenters. The van der Waals surface area contributed by atoms with Gasteiger partial charge in [0.1, 0.15) is 11.5 Å². The lowest BCUT2D eigenvalue weighted by molar-refractivity contribution is 0.375. The molecule has 1 saturated heterocycles. The van der Waals surface area contributed by atoms with E-state index in [1.807, 2.05) is 6.07 Å². The molecule has 3 nitrogen and oxygen atoms in total. The molecule has 0 saturated carbocycles. The van der Waals surface area contributed by atoms with Gasteiger partial charge in [-0.2, -0.15) is 0 Å². The van der Waals surface area contributed by atoms with Crippen molar-refractivity contribution in [3.05, 3.63) is 35.9 Å². The Hall–Kier alpha value is -1.74. The minimum absolute atomic E-state index is 0.370. The maximum Gasteiger partial charge on any atom is 0.124 e. The molecule has 0 aliphatic carbocycles. The van der Waals surface area contributed by atoms with Gasteiger partial charge < -0.3 is 14.8 Å². The lowest BCUT2D eigenvalue weighted by Crippen LogP contribution is -2.27. The normalized spacial score (nSPS) is 19.0. The molecule has 0 radical (unpaired) electrons. The Morgan fingerprint density at radius 2 is 1.90 bits per heavy atom. The van der Waals surface area contributed by atoms with Crippen LogP contribution in [0.25, 0.3) is 10.8 Å². The van der Waals surface area contributed by atoms with Crippen molar-refractivity contribution in [3.8, 4) is 11.5 Å². The van der Waals surface area contributed by atoms with E-state index >= 15 is 0 Å². The summed E-state index contributed by atoms with van der Waals surface area (Å²) >= 11 is 0. The summed E-state index contributed by atoms with van der Waals surface area (Å²) in [5, 5.41) is 6.07. The second-order valence-electron chi connectivity index (χ2n) is 5.27. The van der Waals surface area contributed by atoms with Crippen LogP contribution in [0.4, 0.5) is 0 Å². The molecule has 106 valence electrons. The Kier molecular flexibility index (Phi) is 3.79. The SMILES string of the molecule is COc1ccc2ccc(OC)c(C3CCCCN3)c2c1. The summed E-state index contributed by atoms with van der Waals surface area (Å²) in [6.45, 7) is 1.08. The summed E-state index contributed by atoms with van der Waals surface area (Å²) < 4.78 is 11.0. The van der Waals surface area contributed by atoms with Crippen molar-refractivity contribution >= 4 is 10.8 Å². The van der Waals surface area contributed by atoms with Gasteiger partial charge >= 0.3 is 0 Å². The van der Waals surface area contributed by atoms with Crippen molar-refractivity contribution in [2.24, 2.45) is 0 Å². The fourth-order valence-electron chi connectivity index (χ4n) is 3.06. The molecule has 3 heteroatoms. The fraction of sp³-hybridized carbons (Fsp3) is 0.412. The summed E-state index contributed by atoms with van der Waals surface area (Å²) in [5.74, 6) is 1.85. The van der Waals surface area contributed by atoms with Gasteiger partial charge in [0.15, 0.2) is 0 Å². The number of fused-ring (bicyclic) bond motifs is 1. The van der Waals surface area contributed by atoms with E-state index in [0.717, 1.165) is 24.5 Å². The van der Waals surface area contributed by atoms with Gasteiger partial charge in [-0.15, -0.1) is 0 Å². The minimum Gasteiger partial charge on any atom is -0.497 e. The number of hydrogen-bond acceptors (Lipinski definition) is 3. The molecule has 1 aliphatic heterocycles. The van der Waals surface area contributed by atoms with Crippen molar-refractivity contribution in [3.63, 3.8) is 0 Å². The Bertz CT molecular complexity index is 598. The van der Waals surface area contributed by atoms with Crippen molar-refractivity contribution in [1.82, 2.24) is 5.32 Å². The van der Waals surface area contributed by atoms with Crippen LogP contribution in [-0.2, 0) is 0 Å². The van der Waals surface area contributed by atoms with Gasteiger partial charge in [0.2, 0.25) is 0 Å². The minimum atomic E-state index is 0.370. The molecule has 0 amide bonds. The van der Waals surface area contributed by atoms with Crippen LogP contribution in [0.3, 0.4) is 0 Å². The van der Waals surface area contributed by atoms with Crippen LogP contribution in [0.2, 0.25) is 0 Å². The number of rotatable bonds is 3. The third-order valence-electron chi connectivity index (χ3n) is 4.11. The summed E-state index contributed by atoms with van der Waals surface area (Å²) in [5.41, 5.74) is 1.27. The largest absolute Gasteiger partial charge is 0.497 e. The van der Waals surface area contributed by atoms with Crippen molar-refractivity contribution in [2.45, 2.75) is 25.3 Å². The number of piperidine rings is 1. The molecule has 1 heterocycles. The van der Waals surface area contributed by atoms with Crippen LogP contribution in [-0.4, -0.2) is 20.8 Å². The number of hydrogen-bond donors (Lipinski definition) is 1. The highest BCUT2D eigenvalue weighted by molar-refractivity contribution is 5.89. The molecule has 3 rings (SSSR count).